The van der Waals surface area contributed by atoms with Crippen LogP contribution < -0.4 is 14.4 Å². The summed E-state index contributed by atoms with van der Waals surface area (Å²) < 4.78 is 33.9. The van der Waals surface area contributed by atoms with Crippen molar-refractivity contribution in [3.63, 3.8) is 0 Å². The molecule has 39 heavy (non-hydrogen) atoms. The number of hydrogen-bond acceptors (Lipinski definition) is 5. The minimum atomic E-state index is -4.17. The molecular formula is C29H34ClN3O5S. The van der Waals surface area contributed by atoms with Gasteiger partial charge in [0.2, 0.25) is 11.8 Å². The Morgan fingerprint density at radius 2 is 1.69 bits per heavy atom. The number of carbonyl (C=O) groups is 2. The molecule has 2 amide bonds. The highest BCUT2D eigenvalue weighted by molar-refractivity contribution is 7.92. The van der Waals surface area contributed by atoms with Gasteiger partial charge in [-0.1, -0.05) is 59.6 Å². The van der Waals surface area contributed by atoms with Crippen molar-refractivity contribution >= 4 is 39.1 Å². The topological polar surface area (TPSA) is 96.0 Å². The minimum Gasteiger partial charge on any atom is -0.495 e. The first-order chi connectivity index (χ1) is 18.6. The predicted molar refractivity (Wildman–Crippen MR) is 154 cm³/mol. The summed E-state index contributed by atoms with van der Waals surface area (Å²) in [7, 11) is -2.72. The lowest BCUT2D eigenvalue weighted by molar-refractivity contribution is -0.138. The van der Waals surface area contributed by atoms with Crippen LogP contribution in [0, 0.1) is 6.92 Å². The zero-order valence-electron chi connectivity index (χ0n) is 22.6. The number of carbonyl (C=O) groups excluding carboxylic acids is 2. The molecule has 0 bridgehead atoms. The van der Waals surface area contributed by atoms with Gasteiger partial charge in [0, 0.05) is 13.1 Å². The number of aryl methyl sites for hydroxylation is 1. The molecule has 0 heterocycles. The third-order valence-corrected chi connectivity index (χ3v) is 8.40. The number of nitrogens with zero attached hydrogens (tertiary/aromatic N) is 2. The van der Waals surface area contributed by atoms with E-state index in [1.165, 1.54) is 36.3 Å². The number of methoxy groups -OCH3 is 1. The van der Waals surface area contributed by atoms with Gasteiger partial charge in [-0.3, -0.25) is 13.9 Å². The lowest BCUT2D eigenvalue weighted by Crippen LogP contribution is -2.52. The fraction of sp³-hybridized carbons (Fsp3) is 0.310. The van der Waals surface area contributed by atoms with E-state index in [-0.39, 0.29) is 28.1 Å². The van der Waals surface area contributed by atoms with E-state index in [0.717, 1.165) is 15.4 Å². The van der Waals surface area contributed by atoms with Crippen molar-refractivity contribution in [1.29, 1.82) is 0 Å². The molecule has 3 aromatic carbocycles. The van der Waals surface area contributed by atoms with Gasteiger partial charge in [0.15, 0.2) is 0 Å². The van der Waals surface area contributed by atoms with Crippen LogP contribution in [-0.4, -0.2) is 57.9 Å². The van der Waals surface area contributed by atoms with Crippen LogP contribution in [0.2, 0.25) is 5.02 Å². The summed E-state index contributed by atoms with van der Waals surface area (Å²) in [5, 5.41) is 2.95. The second-order valence-corrected chi connectivity index (χ2v) is 11.3. The van der Waals surface area contributed by atoms with Crippen molar-refractivity contribution in [3.05, 3.63) is 88.9 Å². The molecule has 8 nitrogen and oxygen atoms in total. The van der Waals surface area contributed by atoms with Crippen LogP contribution in [0.4, 0.5) is 5.69 Å². The van der Waals surface area contributed by atoms with Crippen LogP contribution in [0.5, 0.6) is 5.75 Å². The van der Waals surface area contributed by atoms with E-state index in [9.17, 15) is 18.0 Å². The Morgan fingerprint density at radius 3 is 2.28 bits per heavy atom. The first kappa shape index (κ1) is 30.0. The number of anilines is 1. The van der Waals surface area contributed by atoms with Gasteiger partial charge in [0.25, 0.3) is 10.0 Å². The Hall–Kier alpha value is -3.56. The summed E-state index contributed by atoms with van der Waals surface area (Å²) in [6, 6.07) is 19.7. The van der Waals surface area contributed by atoms with Crippen molar-refractivity contribution in [1.82, 2.24) is 10.2 Å². The Bertz CT molecular complexity index is 1380. The lowest BCUT2D eigenvalue weighted by atomic mass is 10.1. The molecule has 10 heteroatoms. The highest BCUT2D eigenvalue weighted by Crippen LogP contribution is 2.32. The standard InChI is InChI=1S/C29H34ClN3O5S/c1-5-31-29(35)22(3)32(18-17-23-9-7-6-8-10-23)28(34)20-33(24-13-16-27(38-4)26(30)19-24)39(36,37)25-14-11-21(2)12-15-25/h6-16,19,22H,5,17-18,20H2,1-4H3,(H,31,35). The van der Waals surface area contributed by atoms with Crippen molar-refractivity contribution in [3.8, 4) is 5.75 Å². The fourth-order valence-electron chi connectivity index (χ4n) is 4.07. The maximum absolute atomic E-state index is 13.9. The highest BCUT2D eigenvalue weighted by atomic mass is 35.5. The van der Waals surface area contributed by atoms with Crippen LogP contribution in [0.3, 0.4) is 0 Å². The molecular weight excluding hydrogens is 538 g/mol. The number of nitrogens with one attached hydrogen (secondary N) is 1. The number of hydrogen-bond donors (Lipinski definition) is 1. The monoisotopic (exact) mass is 571 g/mol. The molecule has 0 fully saturated rings. The molecule has 0 aliphatic rings. The summed E-state index contributed by atoms with van der Waals surface area (Å²) in [4.78, 5) is 28.0. The van der Waals surface area contributed by atoms with Crippen molar-refractivity contribution in [2.75, 3.05) is 31.0 Å². The first-order valence-electron chi connectivity index (χ1n) is 12.6. The van der Waals surface area contributed by atoms with E-state index < -0.39 is 28.5 Å². The average molecular weight is 572 g/mol. The lowest BCUT2D eigenvalue weighted by Gasteiger charge is -2.32. The Morgan fingerprint density at radius 1 is 1.03 bits per heavy atom. The fourth-order valence-corrected chi connectivity index (χ4v) is 5.73. The number of sulfonamides is 1. The third kappa shape index (κ3) is 7.52. The smallest absolute Gasteiger partial charge is 0.264 e. The Kier molecular flexibility index (Phi) is 10.4. The van der Waals surface area contributed by atoms with Crippen LogP contribution in [0.1, 0.15) is 25.0 Å². The van der Waals surface area contributed by atoms with Crippen molar-refractivity contribution < 1.29 is 22.7 Å². The van der Waals surface area contributed by atoms with Gasteiger partial charge in [-0.2, -0.15) is 0 Å². The minimum absolute atomic E-state index is 0.0282. The summed E-state index contributed by atoms with van der Waals surface area (Å²) in [6.07, 6.45) is 0.495. The normalized spacial score (nSPS) is 11.9. The van der Waals surface area contributed by atoms with Gasteiger partial charge < -0.3 is 15.0 Å². The number of ether oxygens (including phenoxy) is 1. The van der Waals surface area contributed by atoms with E-state index >= 15 is 0 Å². The number of benzene rings is 3. The maximum atomic E-state index is 13.9. The predicted octanol–water partition coefficient (Wildman–Crippen LogP) is 4.45. The van der Waals surface area contributed by atoms with Crippen molar-refractivity contribution in [2.24, 2.45) is 0 Å². The molecule has 0 aliphatic heterocycles. The van der Waals surface area contributed by atoms with E-state index in [1.807, 2.05) is 37.3 Å². The van der Waals surface area contributed by atoms with Gasteiger partial charge in [0.05, 0.1) is 22.7 Å². The SMILES string of the molecule is CCNC(=O)C(C)N(CCc1ccccc1)C(=O)CN(c1ccc(OC)c(Cl)c1)S(=O)(=O)c1ccc(C)cc1. The van der Waals surface area contributed by atoms with E-state index in [2.05, 4.69) is 5.32 Å². The van der Waals surface area contributed by atoms with Gasteiger partial charge >= 0.3 is 0 Å². The zero-order chi connectivity index (χ0) is 28.6. The second-order valence-electron chi connectivity index (χ2n) is 9.04. The number of halogens is 1. The molecule has 208 valence electrons. The molecule has 0 saturated heterocycles. The third-order valence-electron chi connectivity index (χ3n) is 6.31. The molecule has 1 unspecified atom stereocenters. The molecule has 3 rings (SSSR count). The highest BCUT2D eigenvalue weighted by Gasteiger charge is 2.32. The molecule has 0 aromatic heterocycles. The molecule has 3 aromatic rings. The summed E-state index contributed by atoms with van der Waals surface area (Å²) in [5.41, 5.74) is 2.08. The summed E-state index contributed by atoms with van der Waals surface area (Å²) >= 11 is 6.34. The zero-order valence-corrected chi connectivity index (χ0v) is 24.1. The van der Waals surface area contributed by atoms with E-state index in [1.54, 1.807) is 32.0 Å². The maximum Gasteiger partial charge on any atom is 0.264 e. The van der Waals surface area contributed by atoms with Crippen LogP contribution in [0.25, 0.3) is 0 Å². The number of amides is 2. The molecule has 0 spiro atoms. The second kappa shape index (κ2) is 13.5. The largest absolute Gasteiger partial charge is 0.495 e. The van der Waals surface area contributed by atoms with Gasteiger partial charge in [-0.15, -0.1) is 0 Å². The van der Waals surface area contributed by atoms with Gasteiger partial charge in [-0.05, 0) is 63.1 Å². The summed E-state index contributed by atoms with van der Waals surface area (Å²) in [6.45, 7) is 5.39. The quantitative estimate of drug-likeness (QED) is 0.346. The summed E-state index contributed by atoms with van der Waals surface area (Å²) in [5.74, 6) is -0.472. The van der Waals surface area contributed by atoms with E-state index in [4.69, 9.17) is 16.3 Å². The molecule has 0 radical (unpaired) electrons. The molecule has 0 aliphatic carbocycles. The van der Waals surface area contributed by atoms with E-state index in [0.29, 0.717) is 18.7 Å². The van der Waals surface area contributed by atoms with Crippen LogP contribution >= 0.6 is 11.6 Å². The average Bonchev–Trinajstić information content (AvgIpc) is 2.92. The van der Waals surface area contributed by atoms with Crippen LogP contribution in [0.15, 0.2) is 77.7 Å². The number of rotatable bonds is 12. The van der Waals surface area contributed by atoms with Gasteiger partial charge in [-0.25, -0.2) is 8.42 Å². The first-order valence-corrected chi connectivity index (χ1v) is 14.4. The Labute approximate surface area is 235 Å². The molecule has 1 atom stereocenters. The van der Waals surface area contributed by atoms with Gasteiger partial charge in [0.1, 0.15) is 18.3 Å². The number of likely N-dealkylation sites (N-methyl/N-ethyl adjacent to an activating group) is 1. The molecule has 0 saturated carbocycles. The van der Waals surface area contributed by atoms with Crippen molar-refractivity contribution in [2.45, 2.75) is 38.1 Å². The molecule has 1 N–H and O–H groups in total. The van der Waals surface area contributed by atoms with Crippen LogP contribution in [-0.2, 0) is 26.0 Å². The Balaban J connectivity index is 2.01.